The van der Waals surface area contributed by atoms with Crippen molar-refractivity contribution in [3.63, 3.8) is 0 Å². The minimum Gasteiger partial charge on any atom is -0.223 e. The summed E-state index contributed by atoms with van der Waals surface area (Å²) < 4.78 is 24.4. The summed E-state index contributed by atoms with van der Waals surface area (Å²) in [6, 6.07) is 26.7. The lowest BCUT2D eigenvalue weighted by Gasteiger charge is -2.02. The van der Waals surface area contributed by atoms with E-state index in [0.717, 1.165) is 11.1 Å². The summed E-state index contributed by atoms with van der Waals surface area (Å²) in [5.41, 5.74) is 3.29. The molecule has 3 aromatic carbocycles. The first-order valence-corrected chi connectivity index (χ1v) is 9.40. The third kappa shape index (κ3) is 4.00. The van der Waals surface area contributed by atoms with Crippen LogP contribution < -0.4 is 0 Å². The fourth-order valence-corrected chi connectivity index (χ4v) is 3.57. The van der Waals surface area contributed by atoms with Crippen LogP contribution in [0.5, 0.6) is 0 Å². The molecule has 0 amide bonds. The van der Waals surface area contributed by atoms with Gasteiger partial charge in [0, 0.05) is 0 Å². The molecule has 3 rings (SSSR count). The van der Waals surface area contributed by atoms with Crippen LogP contribution in [0.25, 0.3) is 17.2 Å². The van der Waals surface area contributed by atoms with Crippen molar-refractivity contribution >= 4 is 15.9 Å². The molecule has 3 aromatic rings. The molecule has 0 aliphatic heterocycles. The first-order chi connectivity index (χ1) is 11.6. The first-order valence-electron chi connectivity index (χ1n) is 7.75. The number of sulfone groups is 1. The second-order valence-electron chi connectivity index (χ2n) is 5.48. The van der Waals surface area contributed by atoms with E-state index in [9.17, 15) is 8.42 Å². The molecule has 0 fully saturated rings. The van der Waals surface area contributed by atoms with Crippen molar-refractivity contribution < 1.29 is 8.42 Å². The zero-order valence-corrected chi connectivity index (χ0v) is 14.0. The highest BCUT2D eigenvalue weighted by atomic mass is 32.2. The van der Waals surface area contributed by atoms with Gasteiger partial charge >= 0.3 is 0 Å². The summed E-state index contributed by atoms with van der Waals surface area (Å²) in [7, 11) is -3.27. The van der Waals surface area contributed by atoms with Gasteiger partial charge in [0.1, 0.15) is 0 Å². The summed E-state index contributed by atoms with van der Waals surface area (Å²) in [5, 5.41) is 0. The van der Waals surface area contributed by atoms with Gasteiger partial charge in [0.25, 0.3) is 0 Å². The van der Waals surface area contributed by atoms with E-state index in [4.69, 9.17) is 0 Å². The lowest BCUT2D eigenvalue weighted by molar-refractivity contribution is 0.599. The van der Waals surface area contributed by atoms with E-state index in [1.165, 1.54) is 5.56 Å². The lowest BCUT2D eigenvalue weighted by Crippen LogP contribution is -2.04. The van der Waals surface area contributed by atoms with Crippen molar-refractivity contribution in [1.29, 1.82) is 0 Å². The van der Waals surface area contributed by atoms with Gasteiger partial charge in [-0.2, -0.15) is 0 Å². The number of benzene rings is 3. The maximum absolute atomic E-state index is 12.2. The molecule has 0 spiro atoms. The van der Waals surface area contributed by atoms with Gasteiger partial charge in [-0.05, 0) is 28.8 Å². The van der Waals surface area contributed by atoms with Gasteiger partial charge in [0.05, 0.1) is 10.6 Å². The molecule has 3 heteroatoms. The lowest BCUT2D eigenvalue weighted by atomic mass is 10.0. The molecule has 0 bridgehead atoms. The fraction of sp³-hybridized carbons (Fsp3) is 0.0476. The summed E-state index contributed by atoms with van der Waals surface area (Å²) >= 11 is 0. The van der Waals surface area contributed by atoms with Crippen LogP contribution in [-0.2, 0) is 9.84 Å². The van der Waals surface area contributed by atoms with Gasteiger partial charge < -0.3 is 0 Å². The predicted molar refractivity (Wildman–Crippen MR) is 99.4 cm³/mol. The van der Waals surface area contributed by atoms with E-state index in [1.54, 1.807) is 30.3 Å². The van der Waals surface area contributed by atoms with Crippen molar-refractivity contribution in [3.05, 3.63) is 96.6 Å². The summed E-state index contributed by atoms with van der Waals surface area (Å²) in [4.78, 5) is 0.356. The monoisotopic (exact) mass is 334 g/mol. The quantitative estimate of drug-likeness (QED) is 0.669. The first kappa shape index (κ1) is 16.2. The highest BCUT2D eigenvalue weighted by Crippen LogP contribution is 2.19. The Morgan fingerprint density at radius 1 is 0.667 bits per heavy atom. The van der Waals surface area contributed by atoms with Gasteiger partial charge in [0.15, 0.2) is 9.84 Å². The average Bonchev–Trinajstić information content (AvgIpc) is 2.64. The Labute approximate surface area is 143 Å². The molecule has 24 heavy (non-hydrogen) atoms. The van der Waals surface area contributed by atoms with Crippen LogP contribution in [0.3, 0.4) is 0 Å². The molecular weight excluding hydrogens is 316 g/mol. The predicted octanol–water partition coefficient (Wildman–Crippen LogP) is 4.84. The normalized spacial score (nSPS) is 11.7. The van der Waals surface area contributed by atoms with Crippen LogP contribution in [-0.4, -0.2) is 14.2 Å². The van der Waals surface area contributed by atoms with Gasteiger partial charge in [-0.1, -0.05) is 84.9 Å². The second-order valence-corrected chi connectivity index (χ2v) is 7.52. The Morgan fingerprint density at radius 2 is 1.21 bits per heavy atom. The van der Waals surface area contributed by atoms with Crippen molar-refractivity contribution in [2.45, 2.75) is 4.90 Å². The Hall–Kier alpha value is -2.65. The van der Waals surface area contributed by atoms with Crippen LogP contribution in [0.4, 0.5) is 0 Å². The molecule has 0 N–H and O–H groups in total. The number of hydrogen-bond acceptors (Lipinski definition) is 2. The molecule has 0 unspecified atom stereocenters. The number of rotatable bonds is 5. The molecule has 120 valence electrons. The Morgan fingerprint density at radius 3 is 1.83 bits per heavy atom. The third-order valence-electron chi connectivity index (χ3n) is 3.75. The molecule has 0 atom stereocenters. The van der Waals surface area contributed by atoms with Crippen LogP contribution in [0.2, 0.25) is 0 Å². The van der Waals surface area contributed by atoms with Gasteiger partial charge in [-0.25, -0.2) is 8.42 Å². The highest BCUT2D eigenvalue weighted by Gasteiger charge is 2.10. The minimum atomic E-state index is -3.27. The molecule has 0 saturated heterocycles. The molecular formula is C21H18O2S. The zero-order valence-electron chi connectivity index (χ0n) is 13.2. The van der Waals surface area contributed by atoms with E-state index in [2.05, 4.69) is 12.1 Å². The second kappa shape index (κ2) is 7.28. The Kier molecular flexibility index (Phi) is 4.92. The summed E-state index contributed by atoms with van der Waals surface area (Å²) in [6.45, 7) is 0. The highest BCUT2D eigenvalue weighted by molar-refractivity contribution is 7.91. The molecule has 0 aliphatic carbocycles. The average molecular weight is 334 g/mol. The largest absolute Gasteiger partial charge is 0.223 e. The number of hydrogen-bond donors (Lipinski definition) is 0. The smallest absolute Gasteiger partial charge is 0.181 e. The Bertz CT molecular complexity index is 911. The van der Waals surface area contributed by atoms with E-state index in [0.29, 0.717) is 4.90 Å². The van der Waals surface area contributed by atoms with Crippen LogP contribution in [0.1, 0.15) is 5.56 Å². The zero-order chi connectivity index (χ0) is 16.8. The molecule has 0 aromatic heterocycles. The third-order valence-corrected chi connectivity index (χ3v) is 5.37. The molecule has 2 nitrogen and oxygen atoms in total. The van der Waals surface area contributed by atoms with Crippen molar-refractivity contribution in [2.75, 3.05) is 5.75 Å². The topological polar surface area (TPSA) is 34.1 Å². The maximum atomic E-state index is 12.2. The Balaban J connectivity index is 1.69. The van der Waals surface area contributed by atoms with Crippen LogP contribution >= 0.6 is 0 Å². The van der Waals surface area contributed by atoms with Gasteiger partial charge in [0.2, 0.25) is 0 Å². The molecule has 0 heterocycles. The van der Waals surface area contributed by atoms with E-state index < -0.39 is 9.84 Å². The van der Waals surface area contributed by atoms with E-state index in [1.807, 2.05) is 54.6 Å². The minimum absolute atomic E-state index is 0.00253. The fourth-order valence-electron chi connectivity index (χ4n) is 2.45. The molecule has 0 aliphatic rings. The van der Waals surface area contributed by atoms with Crippen LogP contribution in [0, 0.1) is 0 Å². The van der Waals surface area contributed by atoms with Crippen molar-refractivity contribution in [2.24, 2.45) is 0 Å². The summed E-state index contributed by atoms with van der Waals surface area (Å²) in [5.74, 6) is -0.00253. The maximum Gasteiger partial charge on any atom is 0.181 e. The van der Waals surface area contributed by atoms with Crippen molar-refractivity contribution in [1.82, 2.24) is 0 Å². The van der Waals surface area contributed by atoms with E-state index >= 15 is 0 Å². The summed E-state index contributed by atoms with van der Waals surface area (Å²) in [6.07, 6.45) is 3.54. The molecule has 0 radical (unpaired) electrons. The van der Waals surface area contributed by atoms with Gasteiger partial charge in [-0.15, -0.1) is 0 Å². The SMILES string of the molecule is O=S(=O)(C/C=C/c1ccc(-c2ccccc2)cc1)c1ccccc1. The van der Waals surface area contributed by atoms with Crippen LogP contribution in [0.15, 0.2) is 95.9 Å². The van der Waals surface area contributed by atoms with E-state index in [-0.39, 0.29) is 5.75 Å². The molecule has 0 saturated carbocycles. The van der Waals surface area contributed by atoms with Crippen molar-refractivity contribution in [3.8, 4) is 11.1 Å². The van der Waals surface area contributed by atoms with Gasteiger partial charge in [-0.3, -0.25) is 0 Å². The standard InChI is InChI=1S/C21H18O2S/c22-24(23,21-11-5-2-6-12-21)17-7-8-18-13-15-20(16-14-18)19-9-3-1-4-10-19/h1-16H,17H2/b8-7+.